The number of nitrogens with zero attached hydrogens (tertiary/aromatic N) is 2. The minimum Gasteiger partial charge on any atom is -0.493 e. The third kappa shape index (κ3) is 6.39. The van der Waals surface area contributed by atoms with Crippen LogP contribution < -0.4 is 28.4 Å². The molecule has 0 bridgehead atoms. The van der Waals surface area contributed by atoms with E-state index in [9.17, 15) is 9.59 Å². The lowest BCUT2D eigenvalue weighted by Crippen LogP contribution is -2.16. The first-order valence-corrected chi connectivity index (χ1v) is 12.2. The molecule has 0 amide bonds. The molecule has 226 valence electrons. The van der Waals surface area contributed by atoms with Crippen LogP contribution in [-0.2, 0) is 18.9 Å². The number of esters is 2. The molecule has 0 aliphatic carbocycles. The van der Waals surface area contributed by atoms with Gasteiger partial charge in [0.1, 0.15) is 11.5 Å². The van der Waals surface area contributed by atoms with Gasteiger partial charge in [-0.3, -0.25) is 0 Å². The Balaban J connectivity index is 2.64. The van der Waals surface area contributed by atoms with Crippen LogP contribution in [0.3, 0.4) is 0 Å². The molecule has 3 aromatic rings. The number of carbonyl (C=O) groups is 2. The fourth-order valence-electron chi connectivity index (χ4n) is 4.04. The van der Waals surface area contributed by atoms with Gasteiger partial charge in [0.25, 0.3) is 0 Å². The van der Waals surface area contributed by atoms with Crippen LogP contribution in [0.5, 0.6) is 34.5 Å². The van der Waals surface area contributed by atoms with Crippen molar-refractivity contribution in [2.45, 2.75) is 0 Å². The highest BCUT2D eigenvalue weighted by Gasteiger charge is 2.32. The predicted molar refractivity (Wildman–Crippen MR) is 147 cm³/mol. The third-order valence-corrected chi connectivity index (χ3v) is 5.91. The molecule has 0 unspecified atom stereocenters. The van der Waals surface area contributed by atoms with Gasteiger partial charge in [-0.1, -0.05) is 0 Å². The summed E-state index contributed by atoms with van der Waals surface area (Å²) in [5.74, 6) is -0.158. The zero-order chi connectivity index (χ0) is 30.8. The Morgan fingerprint density at radius 3 is 1.14 bits per heavy atom. The monoisotopic (exact) mass is 588 g/mol. The first-order valence-electron chi connectivity index (χ1n) is 12.2. The van der Waals surface area contributed by atoms with Crippen molar-refractivity contribution in [3.8, 4) is 56.8 Å². The van der Waals surface area contributed by atoms with E-state index >= 15 is 0 Å². The summed E-state index contributed by atoms with van der Waals surface area (Å²) in [4.78, 5) is 26.3. The molecule has 3 rings (SSSR count). The average molecular weight is 589 g/mol. The molecule has 0 radical (unpaired) electrons. The number of methoxy groups -OCH3 is 8. The van der Waals surface area contributed by atoms with Crippen molar-refractivity contribution >= 4 is 11.9 Å². The highest BCUT2D eigenvalue weighted by atomic mass is 16.7. The number of aromatic nitrogens is 2. The number of hydrogen-bond donors (Lipinski definition) is 0. The van der Waals surface area contributed by atoms with Crippen LogP contribution in [0.25, 0.3) is 22.3 Å². The van der Waals surface area contributed by atoms with Crippen molar-refractivity contribution in [3.05, 3.63) is 35.7 Å². The van der Waals surface area contributed by atoms with Crippen molar-refractivity contribution in [3.63, 3.8) is 0 Å². The Hall–Kier alpha value is -4.82. The van der Waals surface area contributed by atoms with Gasteiger partial charge >= 0.3 is 11.9 Å². The summed E-state index contributed by atoms with van der Waals surface area (Å²) in [6.07, 6.45) is 0. The molecule has 42 heavy (non-hydrogen) atoms. The molecule has 0 spiro atoms. The number of hydrogen-bond acceptors (Lipinski definition) is 14. The lowest BCUT2D eigenvalue weighted by atomic mass is 9.90. The van der Waals surface area contributed by atoms with Crippen molar-refractivity contribution in [2.24, 2.45) is 0 Å². The van der Waals surface area contributed by atoms with Gasteiger partial charge in [0, 0.05) is 48.6 Å². The molecule has 0 atom stereocenters. The summed E-state index contributed by atoms with van der Waals surface area (Å²) in [5, 5.41) is 8.13. The summed E-state index contributed by atoms with van der Waals surface area (Å²) in [5.41, 5.74) is 0.0991. The van der Waals surface area contributed by atoms with E-state index in [0.29, 0.717) is 11.5 Å². The molecule has 0 fully saturated rings. The highest BCUT2D eigenvalue weighted by Crippen LogP contribution is 2.49. The molecule has 0 N–H and O–H groups in total. The minimum absolute atomic E-state index is 0.0683. The molecule has 0 aliphatic rings. The molecule has 1 aromatic heterocycles. The minimum atomic E-state index is -0.859. The fraction of sp³-hybridized carbons (Fsp3) is 0.357. The Labute approximate surface area is 242 Å². The maximum absolute atomic E-state index is 13.2. The number of benzene rings is 2. The second-order valence-corrected chi connectivity index (χ2v) is 8.14. The molecule has 1 heterocycles. The number of rotatable bonds is 14. The average Bonchev–Trinajstić information content (AvgIpc) is 3.03. The quantitative estimate of drug-likeness (QED) is 0.200. The van der Waals surface area contributed by atoms with Crippen molar-refractivity contribution < 1.29 is 57.0 Å². The molecule has 2 aromatic carbocycles. The highest BCUT2D eigenvalue weighted by molar-refractivity contribution is 6.08. The predicted octanol–water partition coefficient (Wildman–Crippen LogP) is 3.38. The second kappa shape index (κ2) is 14.7. The normalized spacial score (nSPS) is 10.5. The van der Waals surface area contributed by atoms with E-state index in [1.807, 2.05) is 0 Å². The zero-order valence-electron chi connectivity index (χ0n) is 24.5. The Kier molecular flexibility index (Phi) is 11.1. The van der Waals surface area contributed by atoms with Crippen molar-refractivity contribution in [1.29, 1.82) is 0 Å². The van der Waals surface area contributed by atoms with Crippen LogP contribution in [-0.4, -0.2) is 92.6 Å². The van der Waals surface area contributed by atoms with Gasteiger partial charge < -0.3 is 47.4 Å². The molecule has 0 saturated carbocycles. The van der Waals surface area contributed by atoms with Crippen LogP contribution in [0.1, 0.15) is 21.0 Å². The first-order chi connectivity index (χ1) is 20.3. The maximum atomic E-state index is 13.2. The van der Waals surface area contributed by atoms with Gasteiger partial charge in [-0.15, -0.1) is 10.2 Å². The van der Waals surface area contributed by atoms with E-state index in [-0.39, 0.29) is 70.2 Å². The van der Waals surface area contributed by atoms with E-state index in [2.05, 4.69) is 10.2 Å². The summed E-state index contributed by atoms with van der Waals surface area (Å²) >= 11 is 0. The summed E-state index contributed by atoms with van der Waals surface area (Å²) in [6.45, 7) is -0.349. The van der Waals surface area contributed by atoms with Crippen molar-refractivity contribution in [2.75, 3.05) is 70.5 Å². The maximum Gasteiger partial charge on any atom is 0.359 e. The fourth-order valence-corrected chi connectivity index (χ4v) is 4.04. The van der Waals surface area contributed by atoms with E-state index < -0.39 is 11.9 Å². The van der Waals surface area contributed by atoms with Crippen LogP contribution in [0.2, 0.25) is 0 Å². The number of carbonyl (C=O) groups excluding carboxylic acids is 2. The topological polar surface area (TPSA) is 152 Å². The van der Waals surface area contributed by atoms with Crippen molar-refractivity contribution in [1.82, 2.24) is 10.2 Å². The second-order valence-electron chi connectivity index (χ2n) is 8.14. The van der Waals surface area contributed by atoms with Gasteiger partial charge in [-0.05, 0) is 12.1 Å². The molecule has 0 saturated heterocycles. The third-order valence-electron chi connectivity index (χ3n) is 5.91. The van der Waals surface area contributed by atoms with Crippen LogP contribution >= 0.6 is 0 Å². The van der Waals surface area contributed by atoms with Gasteiger partial charge in [-0.25, -0.2) is 9.59 Å². The lowest BCUT2D eigenvalue weighted by Gasteiger charge is -2.22. The van der Waals surface area contributed by atoms with Gasteiger partial charge in [0.2, 0.25) is 0 Å². The van der Waals surface area contributed by atoms with E-state index in [0.717, 1.165) is 0 Å². The molecular weight excluding hydrogens is 556 g/mol. The molecule has 14 heteroatoms. The van der Waals surface area contributed by atoms with E-state index in [1.165, 1.54) is 69.0 Å². The zero-order valence-corrected chi connectivity index (χ0v) is 24.5. The van der Waals surface area contributed by atoms with Gasteiger partial charge in [0.15, 0.2) is 48.0 Å². The molecule has 14 nitrogen and oxygen atoms in total. The van der Waals surface area contributed by atoms with E-state index in [1.54, 1.807) is 12.1 Å². The standard InChI is InChI=1S/C28H32N2O12/c1-33-13-41-17-11-21(37-5)19(35-3)9-15(17)23-24(26(28(32)40-8)30-29-25(23)27(31)39-7)16-10-20(36-4)22(38-6)12-18(16)42-14-34-2/h9-12H,13-14H2,1-8H3. The SMILES string of the molecule is COCOc1cc(OC)c(OC)cc1-c1c(C(=O)OC)nnc(C(=O)OC)c1-c1cc(OC)c(OC)cc1OCOC. The first kappa shape index (κ1) is 31.7. The molecule has 0 aliphatic heterocycles. The summed E-state index contributed by atoms with van der Waals surface area (Å²) < 4.78 is 54.1. The summed E-state index contributed by atoms with van der Waals surface area (Å²) in [6, 6.07) is 6.17. The van der Waals surface area contributed by atoms with Crippen LogP contribution in [0, 0.1) is 0 Å². The van der Waals surface area contributed by atoms with E-state index in [4.69, 9.17) is 47.4 Å². The smallest absolute Gasteiger partial charge is 0.359 e. The summed E-state index contributed by atoms with van der Waals surface area (Å²) in [7, 11) is 11.0. The Morgan fingerprint density at radius 2 is 0.857 bits per heavy atom. The number of ether oxygens (including phenoxy) is 10. The van der Waals surface area contributed by atoms with Gasteiger partial charge in [-0.2, -0.15) is 0 Å². The Bertz CT molecular complexity index is 1320. The lowest BCUT2D eigenvalue weighted by molar-refractivity contribution is 0.0510. The van der Waals surface area contributed by atoms with Crippen LogP contribution in [0.4, 0.5) is 0 Å². The largest absolute Gasteiger partial charge is 0.493 e. The van der Waals surface area contributed by atoms with Gasteiger partial charge in [0.05, 0.1) is 42.7 Å². The molecular formula is C28H32N2O12. The Morgan fingerprint density at radius 1 is 0.524 bits per heavy atom. The van der Waals surface area contributed by atoms with Crippen LogP contribution in [0.15, 0.2) is 24.3 Å².